The summed E-state index contributed by atoms with van der Waals surface area (Å²) in [6.07, 6.45) is 3.44. The van der Waals surface area contributed by atoms with Gasteiger partial charge in [0.25, 0.3) is 0 Å². The molecule has 0 atom stereocenters. The van der Waals surface area contributed by atoms with Crippen LogP contribution < -0.4 is 16.2 Å². The van der Waals surface area contributed by atoms with E-state index in [9.17, 15) is 26.7 Å². The van der Waals surface area contributed by atoms with Crippen LogP contribution in [0.4, 0.5) is 18.9 Å². The molecule has 0 unspecified atom stereocenters. The molecule has 0 aliphatic heterocycles. The van der Waals surface area contributed by atoms with E-state index >= 15 is 0 Å². The highest BCUT2D eigenvalue weighted by Gasteiger charge is 2.45. The summed E-state index contributed by atoms with van der Waals surface area (Å²) < 4.78 is 66.1. The molecule has 0 heterocycles. The van der Waals surface area contributed by atoms with Crippen LogP contribution >= 0.6 is 0 Å². The van der Waals surface area contributed by atoms with Crippen LogP contribution in [0.25, 0.3) is 5.70 Å². The number of halogens is 3. The number of rotatable bonds is 8. The maximum absolute atomic E-state index is 12.4. The summed E-state index contributed by atoms with van der Waals surface area (Å²) >= 11 is 0. The van der Waals surface area contributed by atoms with Crippen LogP contribution in [0, 0.1) is 0 Å². The second kappa shape index (κ2) is 9.44. The molecule has 0 aliphatic rings. The van der Waals surface area contributed by atoms with Crippen LogP contribution in [-0.4, -0.2) is 25.6 Å². The molecule has 7 nitrogen and oxygen atoms in total. The van der Waals surface area contributed by atoms with Crippen molar-refractivity contribution in [3.05, 3.63) is 77.7 Å². The van der Waals surface area contributed by atoms with Gasteiger partial charge in [-0.1, -0.05) is 24.3 Å². The summed E-state index contributed by atoms with van der Waals surface area (Å²) in [6, 6.07) is 11.7. The third kappa shape index (κ3) is 6.62. The molecule has 0 aromatic heterocycles. The van der Waals surface area contributed by atoms with Gasteiger partial charge in [-0.15, -0.1) is 0 Å². The first-order chi connectivity index (χ1) is 14.0. The number of aromatic hydroxyl groups is 1. The Morgan fingerprint density at radius 1 is 1.03 bits per heavy atom. The minimum Gasteiger partial charge on any atom is -0.508 e. The smallest absolute Gasteiger partial charge is 0.508 e. The highest BCUT2D eigenvalue weighted by Crippen LogP contribution is 2.25. The molecule has 0 saturated heterocycles. The van der Waals surface area contributed by atoms with Gasteiger partial charge in [-0.25, -0.2) is 0 Å². The van der Waals surface area contributed by atoms with Crippen LogP contribution in [0.2, 0.25) is 0 Å². The summed E-state index contributed by atoms with van der Waals surface area (Å²) in [5, 5.41) is 9.23. The molecule has 0 bridgehead atoms. The number of hydrogen-bond acceptors (Lipinski definition) is 6. The molecule has 0 amide bonds. The van der Waals surface area contributed by atoms with E-state index in [-0.39, 0.29) is 23.0 Å². The maximum atomic E-state index is 12.4. The molecule has 2 aromatic rings. The normalized spacial score (nSPS) is 13.2. The monoisotopic (exact) mass is 443 g/mol. The highest BCUT2D eigenvalue weighted by atomic mass is 32.2. The molecule has 0 saturated carbocycles. The number of hydrogen-bond donors (Lipinski definition) is 4. The van der Waals surface area contributed by atoms with E-state index in [1.807, 2.05) is 0 Å². The van der Waals surface area contributed by atoms with E-state index in [4.69, 9.17) is 16.2 Å². The fraction of sp³-hybridized carbons (Fsp3) is 0.158. The van der Waals surface area contributed by atoms with E-state index < -0.39 is 15.5 Å². The maximum Gasteiger partial charge on any atom is 0.516 e. The third-order valence-electron chi connectivity index (χ3n) is 3.80. The molecule has 0 radical (unpaired) electrons. The van der Waals surface area contributed by atoms with Crippen LogP contribution in [0.3, 0.4) is 0 Å². The molecule has 162 valence electrons. The number of phenols is 1. The molecule has 2 rings (SSSR count). The first-order valence-corrected chi connectivity index (χ1v) is 9.99. The van der Waals surface area contributed by atoms with Crippen LogP contribution in [0.5, 0.6) is 5.75 Å². The van der Waals surface area contributed by atoms with Gasteiger partial charge >= 0.3 is 15.5 Å². The van der Waals surface area contributed by atoms with Crippen molar-refractivity contribution in [1.29, 1.82) is 0 Å². The zero-order valence-corrected chi connectivity index (χ0v) is 16.4. The van der Waals surface area contributed by atoms with Gasteiger partial charge in [0.05, 0.1) is 6.61 Å². The lowest BCUT2D eigenvalue weighted by atomic mass is 10.1. The Morgan fingerprint density at radius 3 is 2.20 bits per heavy atom. The van der Waals surface area contributed by atoms with E-state index in [1.165, 1.54) is 29.0 Å². The Kier molecular flexibility index (Phi) is 7.22. The van der Waals surface area contributed by atoms with Crippen LogP contribution in [0.1, 0.15) is 11.1 Å². The van der Waals surface area contributed by atoms with Crippen molar-refractivity contribution in [1.82, 2.24) is 0 Å². The summed E-state index contributed by atoms with van der Waals surface area (Å²) in [4.78, 5) is 0. The van der Waals surface area contributed by atoms with Crippen LogP contribution in [-0.2, 0) is 21.2 Å². The predicted octanol–water partition coefficient (Wildman–Crippen LogP) is 3.01. The number of sulfonamides is 1. The van der Waals surface area contributed by atoms with Gasteiger partial charge in [0.15, 0.2) is 5.88 Å². The molecule has 11 heteroatoms. The second-order valence-corrected chi connectivity index (χ2v) is 7.76. The number of benzene rings is 2. The minimum atomic E-state index is -5.49. The van der Waals surface area contributed by atoms with E-state index in [0.29, 0.717) is 18.6 Å². The zero-order valence-electron chi connectivity index (χ0n) is 15.6. The van der Waals surface area contributed by atoms with E-state index in [2.05, 4.69) is 0 Å². The fourth-order valence-corrected chi connectivity index (χ4v) is 2.77. The molecule has 2 aromatic carbocycles. The summed E-state index contributed by atoms with van der Waals surface area (Å²) in [5.74, 6) is 0.275. The molecular weight excluding hydrogens is 423 g/mol. The summed E-state index contributed by atoms with van der Waals surface area (Å²) in [6.45, 7) is 0.300. The minimum absolute atomic E-state index is 0.103. The quantitative estimate of drug-likeness (QED) is 0.367. The van der Waals surface area contributed by atoms with Gasteiger partial charge in [0, 0.05) is 17.8 Å². The standard InChI is InChI=1S/C19H20F3N3O4S/c20-19(21,22)30(27,28)25-15-5-3-14(4-6-15)17(23)9-10-18(24)29-12-11-13-1-7-16(26)8-2-13/h1-10,25-26H,11-12,23-24H2/b17-9-,18-10+. The average Bonchev–Trinajstić information content (AvgIpc) is 2.67. The van der Waals surface area contributed by atoms with Crippen molar-refractivity contribution in [2.24, 2.45) is 11.5 Å². The molecule has 30 heavy (non-hydrogen) atoms. The van der Waals surface area contributed by atoms with Gasteiger partial charge < -0.3 is 21.3 Å². The number of nitrogens with one attached hydrogen (secondary N) is 1. The number of nitrogens with two attached hydrogens (primary N) is 2. The SMILES string of the molecule is N/C(=C\C=C(/N)OCCc1ccc(O)cc1)c1ccc(NS(=O)(=O)C(F)(F)F)cc1. The van der Waals surface area contributed by atoms with Crippen molar-refractivity contribution in [2.45, 2.75) is 11.9 Å². The number of ether oxygens (including phenoxy) is 1. The average molecular weight is 443 g/mol. The lowest BCUT2D eigenvalue weighted by molar-refractivity contribution is -0.0429. The molecule has 0 aliphatic carbocycles. The van der Waals surface area contributed by atoms with Crippen LogP contribution in [0.15, 0.2) is 66.6 Å². The van der Waals surface area contributed by atoms with Gasteiger partial charge in [-0.2, -0.15) is 21.6 Å². The lowest BCUT2D eigenvalue weighted by Crippen LogP contribution is -2.29. The van der Waals surface area contributed by atoms with E-state index in [1.54, 1.807) is 24.3 Å². The molecule has 6 N–H and O–H groups in total. The number of alkyl halides is 3. The Bertz CT molecular complexity index is 1020. The summed E-state index contributed by atoms with van der Waals surface area (Å²) in [5.41, 5.74) is 7.60. The Labute approximate surface area is 171 Å². The third-order valence-corrected chi connectivity index (χ3v) is 4.91. The Morgan fingerprint density at radius 2 is 1.63 bits per heavy atom. The Hall–Kier alpha value is -3.34. The van der Waals surface area contributed by atoms with Crippen molar-refractivity contribution in [3.63, 3.8) is 0 Å². The van der Waals surface area contributed by atoms with Gasteiger partial charge in [0.1, 0.15) is 5.75 Å². The van der Waals surface area contributed by atoms with Gasteiger partial charge in [-0.05, 0) is 47.5 Å². The fourth-order valence-electron chi connectivity index (χ4n) is 2.21. The first kappa shape index (κ1) is 22.9. The summed E-state index contributed by atoms with van der Waals surface area (Å²) in [7, 11) is -5.49. The molecule has 0 fully saturated rings. The first-order valence-electron chi connectivity index (χ1n) is 8.51. The Balaban J connectivity index is 1.93. The largest absolute Gasteiger partial charge is 0.516 e. The highest BCUT2D eigenvalue weighted by molar-refractivity contribution is 7.93. The number of phenolic OH excluding ortho intramolecular Hbond substituents is 1. The lowest BCUT2D eigenvalue weighted by Gasteiger charge is -2.11. The predicted molar refractivity (Wildman–Crippen MR) is 107 cm³/mol. The van der Waals surface area contributed by atoms with Crippen molar-refractivity contribution >= 4 is 21.4 Å². The van der Waals surface area contributed by atoms with Gasteiger partial charge in [0.2, 0.25) is 0 Å². The van der Waals surface area contributed by atoms with Crippen molar-refractivity contribution in [2.75, 3.05) is 11.3 Å². The van der Waals surface area contributed by atoms with Crippen molar-refractivity contribution in [3.8, 4) is 5.75 Å². The number of anilines is 1. The van der Waals surface area contributed by atoms with E-state index in [0.717, 1.165) is 17.7 Å². The van der Waals surface area contributed by atoms with Crippen molar-refractivity contribution < 1.29 is 31.4 Å². The zero-order chi connectivity index (χ0) is 22.4. The molecular formula is C19H20F3N3O4S. The van der Waals surface area contributed by atoms with Gasteiger partial charge in [-0.3, -0.25) is 4.72 Å². The topological polar surface area (TPSA) is 128 Å². The second-order valence-electron chi connectivity index (χ2n) is 6.08. The molecule has 0 spiro atoms. The number of allylic oxidation sites excluding steroid dienone is 2.